The topological polar surface area (TPSA) is 113 Å². The summed E-state index contributed by atoms with van der Waals surface area (Å²) in [5.74, 6) is -0.622. The van der Waals surface area contributed by atoms with Crippen LogP contribution in [0.2, 0.25) is 5.02 Å². The Morgan fingerprint density at radius 1 is 1.07 bits per heavy atom. The normalized spacial score (nSPS) is 12.0. The summed E-state index contributed by atoms with van der Waals surface area (Å²) in [6, 6.07) is 0. The van der Waals surface area contributed by atoms with Crippen molar-refractivity contribution in [3.63, 3.8) is 0 Å². The smallest absolute Gasteiger partial charge is 0.305 e. The molecular weight excluding hydrogens is 412 g/mol. The molecule has 0 amide bonds. The number of aliphatic hydroxyl groups is 1. The van der Waals surface area contributed by atoms with E-state index in [2.05, 4.69) is 0 Å². The second kappa shape index (κ2) is 14.2. The summed E-state index contributed by atoms with van der Waals surface area (Å²) in [7, 11) is 1.46. The molecule has 1 aromatic carbocycles. The summed E-state index contributed by atoms with van der Waals surface area (Å²) < 4.78 is 9.97. The molecule has 1 aromatic rings. The third-order valence-corrected chi connectivity index (χ3v) is 5.62. The number of esters is 1. The van der Waals surface area contributed by atoms with E-state index < -0.39 is 6.10 Å². The predicted molar refractivity (Wildman–Crippen MR) is 114 cm³/mol. The van der Waals surface area contributed by atoms with Crippen molar-refractivity contribution in [1.82, 2.24) is 0 Å². The van der Waals surface area contributed by atoms with E-state index in [1.54, 1.807) is 6.92 Å². The maximum Gasteiger partial charge on any atom is 0.305 e. The zero-order chi connectivity index (χ0) is 22.5. The quantitative estimate of drug-likeness (QED) is 0.212. The molecule has 8 heteroatoms. The molecular formula is C22H33ClO7. The lowest BCUT2D eigenvalue weighted by Gasteiger charge is -2.13. The summed E-state index contributed by atoms with van der Waals surface area (Å²) in [6.45, 7) is 1.47. The van der Waals surface area contributed by atoms with Gasteiger partial charge in [0.15, 0.2) is 6.29 Å². The minimum atomic E-state index is -0.473. The van der Waals surface area contributed by atoms with Gasteiger partial charge in [-0.15, -0.1) is 0 Å². The average Bonchev–Trinajstić information content (AvgIpc) is 2.74. The van der Waals surface area contributed by atoms with Crippen LogP contribution in [0, 0.1) is 6.92 Å². The van der Waals surface area contributed by atoms with Gasteiger partial charge < -0.3 is 24.8 Å². The van der Waals surface area contributed by atoms with Gasteiger partial charge in [0.2, 0.25) is 0 Å². The molecule has 0 radical (unpaired) electrons. The number of aldehydes is 1. The molecule has 0 bridgehead atoms. The van der Waals surface area contributed by atoms with Crippen molar-refractivity contribution in [3.8, 4) is 11.5 Å². The van der Waals surface area contributed by atoms with Crippen molar-refractivity contribution >= 4 is 23.9 Å². The lowest BCUT2D eigenvalue weighted by Crippen LogP contribution is -2.24. The number of phenolic OH excluding ortho intramolecular Hbond substituents is 2. The second-order valence-electron chi connectivity index (χ2n) is 7.34. The Morgan fingerprint density at radius 3 is 2.23 bits per heavy atom. The highest BCUT2D eigenvalue weighted by Gasteiger charge is 2.19. The fraction of sp³-hybridized carbons (Fsp3) is 0.636. The highest BCUT2D eigenvalue weighted by atomic mass is 35.5. The van der Waals surface area contributed by atoms with Gasteiger partial charge in [-0.3, -0.25) is 9.59 Å². The Morgan fingerprint density at radius 2 is 1.67 bits per heavy atom. The van der Waals surface area contributed by atoms with Crippen LogP contribution in [-0.4, -0.2) is 54.0 Å². The number of ether oxygens (including phenoxy) is 2. The first-order chi connectivity index (χ1) is 14.4. The molecule has 30 heavy (non-hydrogen) atoms. The number of hydrogen-bond acceptors (Lipinski definition) is 7. The largest absolute Gasteiger partial charge is 0.507 e. The molecule has 1 rings (SSSR count). The Kier molecular flexibility index (Phi) is 12.4. The first-order valence-corrected chi connectivity index (χ1v) is 10.7. The van der Waals surface area contributed by atoms with Gasteiger partial charge in [0, 0.05) is 19.1 Å². The van der Waals surface area contributed by atoms with Gasteiger partial charge in [-0.1, -0.05) is 43.7 Å². The molecule has 0 fully saturated rings. The van der Waals surface area contributed by atoms with Crippen LogP contribution in [0.5, 0.6) is 11.5 Å². The minimum absolute atomic E-state index is 0.0669. The third kappa shape index (κ3) is 8.13. The molecule has 0 saturated heterocycles. The molecule has 0 aliphatic carbocycles. The van der Waals surface area contributed by atoms with Crippen molar-refractivity contribution < 1.29 is 34.4 Å². The number of methoxy groups -OCH3 is 1. The maximum atomic E-state index is 11.6. The van der Waals surface area contributed by atoms with Crippen molar-refractivity contribution in [3.05, 3.63) is 21.7 Å². The van der Waals surface area contributed by atoms with Crippen LogP contribution >= 0.6 is 11.6 Å². The van der Waals surface area contributed by atoms with Gasteiger partial charge >= 0.3 is 5.97 Å². The van der Waals surface area contributed by atoms with Crippen molar-refractivity contribution in [2.24, 2.45) is 0 Å². The molecule has 0 spiro atoms. The molecule has 7 nitrogen and oxygen atoms in total. The molecule has 0 heterocycles. The summed E-state index contributed by atoms with van der Waals surface area (Å²) in [5, 5.41) is 29.4. The van der Waals surface area contributed by atoms with Crippen molar-refractivity contribution in [2.75, 3.05) is 20.3 Å². The molecule has 170 valence electrons. The van der Waals surface area contributed by atoms with Crippen molar-refractivity contribution in [2.45, 2.75) is 70.8 Å². The lowest BCUT2D eigenvalue weighted by atomic mass is 9.98. The van der Waals surface area contributed by atoms with E-state index in [9.17, 15) is 19.8 Å². The van der Waals surface area contributed by atoms with E-state index in [0.29, 0.717) is 30.3 Å². The molecule has 0 aliphatic rings. The predicted octanol–water partition coefficient (Wildman–Crippen LogP) is 4.09. The minimum Gasteiger partial charge on any atom is -0.507 e. The van der Waals surface area contributed by atoms with Gasteiger partial charge in [0.1, 0.15) is 24.2 Å². The third-order valence-electron chi connectivity index (χ3n) is 5.16. The zero-order valence-electron chi connectivity index (χ0n) is 17.8. The number of carbonyl (C=O) groups is 2. The van der Waals surface area contributed by atoms with Crippen LogP contribution in [0.1, 0.15) is 72.9 Å². The Balaban J connectivity index is 2.19. The Labute approximate surface area is 183 Å². The number of unbranched alkanes of at least 4 members (excludes halogenated alkanes) is 6. The van der Waals surface area contributed by atoms with E-state index in [-0.39, 0.29) is 41.3 Å². The number of halogens is 1. The Bertz CT molecular complexity index is 687. The number of carbonyl (C=O) groups excluding carboxylic acids is 2. The van der Waals surface area contributed by atoms with E-state index >= 15 is 0 Å². The van der Waals surface area contributed by atoms with Crippen LogP contribution < -0.4 is 0 Å². The lowest BCUT2D eigenvalue weighted by molar-refractivity contribution is -0.148. The molecule has 3 N–H and O–H groups in total. The van der Waals surface area contributed by atoms with Crippen LogP contribution in [0.15, 0.2) is 0 Å². The molecule has 1 unspecified atom stereocenters. The molecule has 0 aliphatic heterocycles. The number of aliphatic hydroxyl groups excluding tert-OH is 1. The first-order valence-electron chi connectivity index (χ1n) is 10.3. The highest BCUT2D eigenvalue weighted by Crippen LogP contribution is 2.40. The number of benzene rings is 1. The highest BCUT2D eigenvalue weighted by molar-refractivity contribution is 6.33. The monoisotopic (exact) mass is 444 g/mol. The number of rotatable bonds is 15. The fourth-order valence-corrected chi connectivity index (χ4v) is 3.39. The first kappa shape index (κ1) is 26.2. The van der Waals surface area contributed by atoms with Crippen LogP contribution in [0.25, 0.3) is 0 Å². The molecule has 0 saturated carbocycles. The summed E-state index contributed by atoms with van der Waals surface area (Å²) in [5.41, 5.74) is 0.824. The summed E-state index contributed by atoms with van der Waals surface area (Å²) in [6.07, 6.45) is 7.28. The van der Waals surface area contributed by atoms with E-state index in [4.69, 9.17) is 26.2 Å². The second-order valence-corrected chi connectivity index (χ2v) is 7.72. The number of phenols is 2. The number of hydrogen-bond donors (Lipinski definition) is 3. The van der Waals surface area contributed by atoms with Crippen LogP contribution in [0.4, 0.5) is 0 Å². The number of aromatic hydroxyl groups is 2. The summed E-state index contributed by atoms with van der Waals surface area (Å²) >= 11 is 6.05. The maximum absolute atomic E-state index is 11.6. The van der Waals surface area contributed by atoms with Gasteiger partial charge in [-0.2, -0.15) is 0 Å². The van der Waals surface area contributed by atoms with Crippen LogP contribution in [0.3, 0.4) is 0 Å². The van der Waals surface area contributed by atoms with Gasteiger partial charge in [-0.05, 0) is 31.7 Å². The molecule has 0 aromatic heterocycles. The van der Waals surface area contributed by atoms with E-state index in [1.807, 2.05) is 0 Å². The SMILES string of the molecule is COC(CO)COC(=O)CCCCCCCCCc1c(O)c(Cl)c(C)c(C=O)c1O. The Hall–Kier alpha value is -1.83. The molecule has 1 atom stereocenters. The summed E-state index contributed by atoms with van der Waals surface area (Å²) in [4.78, 5) is 22.8. The standard InChI is InChI=1S/C22H33ClO7/c1-15-18(13-25)21(27)17(22(28)20(15)23)10-8-6-4-3-5-7-9-11-19(26)30-14-16(12-24)29-2/h13,16,24,27-28H,3-12,14H2,1-2H3. The zero-order valence-corrected chi connectivity index (χ0v) is 18.5. The van der Waals surface area contributed by atoms with Crippen LogP contribution in [-0.2, 0) is 20.7 Å². The van der Waals surface area contributed by atoms with Gasteiger partial charge in [-0.25, -0.2) is 0 Å². The van der Waals surface area contributed by atoms with Crippen molar-refractivity contribution in [1.29, 1.82) is 0 Å². The van der Waals surface area contributed by atoms with Gasteiger partial charge in [0.25, 0.3) is 0 Å². The van der Waals surface area contributed by atoms with E-state index in [0.717, 1.165) is 44.9 Å². The average molecular weight is 445 g/mol. The van der Waals surface area contributed by atoms with Gasteiger partial charge in [0.05, 0.1) is 17.2 Å². The van der Waals surface area contributed by atoms with E-state index in [1.165, 1.54) is 7.11 Å². The fourth-order valence-electron chi connectivity index (χ4n) is 3.17.